The Morgan fingerprint density at radius 3 is 2.80 bits per heavy atom. The van der Waals surface area contributed by atoms with Gasteiger partial charge in [0.1, 0.15) is 5.82 Å². The highest BCUT2D eigenvalue weighted by Crippen LogP contribution is 2.24. The fourth-order valence-corrected chi connectivity index (χ4v) is 2.03. The molecule has 0 radical (unpaired) electrons. The summed E-state index contributed by atoms with van der Waals surface area (Å²) in [6.45, 7) is 5.27. The average molecular weight is 292 g/mol. The zero-order valence-corrected chi connectivity index (χ0v) is 11.4. The topological polar surface area (TPSA) is 16.1 Å². The molecule has 0 aliphatic carbocycles. The molecule has 0 fully saturated rings. The first-order valence-corrected chi connectivity index (χ1v) is 6.42. The Morgan fingerprint density at radius 2 is 2.27 bits per heavy atom. The lowest BCUT2D eigenvalue weighted by atomic mass is 10.3. The molecule has 0 unspecified atom stereocenters. The third-order valence-electron chi connectivity index (χ3n) is 2.17. The number of halogens is 2. The van der Waals surface area contributed by atoms with Crippen LogP contribution in [0.4, 0.5) is 5.82 Å². The van der Waals surface area contributed by atoms with Crippen molar-refractivity contribution in [3.8, 4) is 0 Å². The maximum absolute atomic E-state index is 5.72. The van der Waals surface area contributed by atoms with E-state index in [9.17, 15) is 0 Å². The van der Waals surface area contributed by atoms with Crippen molar-refractivity contribution in [3.05, 3.63) is 22.8 Å². The van der Waals surface area contributed by atoms with E-state index < -0.39 is 0 Å². The van der Waals surface area contributed by atoms with Crippen molar-refractivity contribution in [2.75, 3.05) is 17.3 Å². The lowest BCUT2D eigenvalue weighted by Crippen LogP contribution is -2.32. The smallest absolute Gasteiger partial charge is 0.143 e. The Morgan fingerprint density at radius 1 is 1.53 bits per heavy atom. The molecule has 2 nitrogen and oxygen atoms in total. The second-order valence-corrected chi connectivity index (χ2v) is 4.87. The highest BCUT2D eigenvalue weighted by atomic mass is 79.9. The Balaban J connectivity index is 2.84. The monoisotopic (exact) mass is 290 g/mol. The van der Waals surface area contributed by atoms with Gasteiger partial charge in [-0.05, 0) is 48.3 Å². The van der Waals surface area contributed by atoms with Gasteiger partial charge in [0, 0.05) is 24.7 Å². The van der Waals surface area contributed by atoms with Gasteiger partial charge in [-0.2, -0.15) is 0 Å². The minimum absolute atomic E-state index is 0.430. The maximum Gasteiger partial charge on any atom is 0.143 e. The van der Waals surface area contributed by atoms with Crippen LogP contribution in [0.2, 0.25) is 0 Å². The van der Waals surface area contributed by atoms with Gasteiger partial charge in [0.2, 0.25) is 0 Å². The van der Waals surface area contributed by atoms with Crippen molar-refractivity contribution >= 4 is 33.3 Å². The largest absolute Gasteiger partial charge is 0.353 e. The highest BCUT2D eigenvalue weighted by Gasteiger charge is 2.13. The van der Waals surface area contributed by atoms with Crippen LogP contribution in [-0.2, 0) is 0 Å². The molecular formula is C11H16BrClN2. The number of alkyl halides is 1. The molecule has 0 aliphatic rings. The van der Waals surface area contributed by atoms with Gasteiger partial charge in [0.15, 0.2) is 0 Å². The van der Waals surface area contributed by atoms with Gasteiger partial charge >= 0.3 is 0 Å². The van der Waals surface area contributed by atoms with Gasteiger partial charge in [0.25, 0.3) is 0 Å². The number of pyridine rings is 1. The molecule has 0 bridgehead atoms. The van der Waals surface area contributed by atoms with E-state index in [4.69, 9.17) is 11.6 Å². The van der Waals surface area contributed by atoms with E-state index in [0.29, 0.717) is 11.9 Å². The van der Waals surface area contributed by atoms with Gasteiger partial charge in [-0.3, -0.25) is 0 Å². The SMILES string of the molecule is CC(C)N(CCCCl)c1ncccc1Br. The summed E-state index contributed by atoms with van der Waals surface area (Å²) in [4.78, 5) is 6.65. The molecule has 15 heavy (non-hydrogen) atoms. The van der Waals surface area contributed by atoms with Crippen LogP contribution in [-0.4, -0.2) is 23.5 Å². The summed E-state index contributed by atoms with van der Waals surface area (Å²) < 4.78 is 1.04. The summed E-state index contributed by atoms with van der Waals surface area (Å²) in [6.07, 6.45) is 2.79. The normalized spacial score (nSPS) is 10.7. The van der Waals surface area contributed by atoms with Gasteiger partial charge in [0.05, 0.1) is 4.47 Å². The number of anilines is 1. The average Bonchev–Trinajstić information content (AvgIpc) is 2.20. The first kappa shape index (κ1) is 12.8. The Bertz CT molecular complexity index is 304. The van der Waals surface area contributed by atoms with Crippen molar-refractivity contribution in [2.24, 2.45) is 0 Å². The number of aromatic nitrogens is 1. The number of rotatable bonds is 5. The molecule has 1 rings (SSSR count). The molecule has 0 spiro atoms. The predicted molar refractivity (Wildman–Crippen MR) is 69.8 cm³/mol. The minimum Gasteiger partial charge on any atom is -0.353 e. The van der Waals surface area contributed by atoms with E-state index >= 15 is 0 Å². The molecule has 1 aromatic heterocycles. The van der Waals surface area contributed by atoms with Gasteiger partial charge < -0.3 is 4.90 Å². The Labute approximate surface area is 105 Å². The van der Waals surface area contributed by atoms with Crippen LogP contribution >= 0.6 is 27.5 Å². The van der Waals surface area contributed by atoms with Crippen molar-refractivity contribution in [3.63, 3.8) is 0 Å². The van der Waals surface area contributed by atoms with Gasteiger partial charge in [-0.15, -0.1) is 11.6 Å². The lowest BCUT2D eigenvalue weighted by Gasteiger charge is -2.28. The van der Waals surface area contributed by atoms with E-state index in [0.717, 1.165) is 23.3 Å². The van der Waals surface area contributed by atoms with Crippen molar-refractivity contribution in [1.82, 2.24) is 4.98 Å². The zero-order valence-electron chi connectivity index (χ0n) is 9.08. The van der Waals surface area contributed by atoms with Crippen LogP contribution in [0.5, 0.6) is 0 Å². The molecule has 0 N–H and O–H groups in total. The fraction of sp³-hybridized carbons (Fsp3) is 0.545. The Hall–Kier alpha value is -0.280. The predicted octanol–water partition coefficient (Wildman–Crippen LogP) is 3.69. The van der Waals surface area contributed by atoms with E-state index in [1.807, 2.05) is 18.3 Å². The third-order valence-corrected chi connectivity index (χ3v) is 3.05. The van der Waals surface area contributed by atoms with Crippen molar-refractivity contribution in [2.45, 2.75) is 26.3 Å². The van der Waals surface area contributed by atoms with Crippen LogP contribution in [0.25, 0.3) is 0 Å². The van der Waals surface area contributed by atoms with Crippen LogP contribution in [0, 0.1) is 0 Å². The first-order chi connectivity index (χ1) is 7.16. The van der Waals surface area contributed by atoms with E-state index in [1.165, 1.54) is 0 Å². The Kier molecular flexibility index (Phi) is 5.40. The second kappa shape index (κ2) is 6.33. The van der Waals surface area contributed by atoms with Crippen LogP contribution in [0.15, 0.2) is 22.8 Å². The molecule has 1 heterocycles. The van der Waals surface area contributed by atoms with Gasteiger partial charge in [-0.25, -0.2) is 4.98 Å². The summed E-state index contributed by atoms with van der Waals surface area (Å²) in [5, 5.41) is 0. The molecular weight excluding hydrogens is 275 g/mol. The summed E-state index contributed by atoms with van der Waals surface area (Å²) in [7, 11) is 0. The summed E-state index contributed by atoms with van der Waals surface area (Å²) in [6, 6.07) is 4.37. The molecule has 84 valence electrons. The van der Waals surface area contributed by atoms with Crippen LogP contribution in [0.3, 0.4) is 0 Å². The molecule has 0 saturated heterocycles. The quantitative estimate of drug-likeness (QED) is 0.769. The van der Waals surface area contributed by atoms with Crippen LogP contribution < -0.4 is 4.90 Å². The molecule has 0 saturated carbocycles. The molecule has 1 aromatic rings. The van der Waals surface area contributed by atoms with Crippen LogP contribution in [0.1, 0.15) is 20.3 Å². The first-order valence-electron chi connectivity index (χ1n) is 5.10. The number of hydrogen-bond acceptors (Lipinski definition) is 2. The van der Waals surface area contributed by atoms with E-state index in [2.05, 4.69) is 39.7 Å². The molecule has 0 aromatic carbocycles. The molecule has 4 heteroatoms. The van der Waals surface area contributed by atoms with Crippen molar-refractivity contribution in [1.29, 1.82) is 0 Å². The third kappa shape index (κ3) is 3.65. The zero-order chi connectivity index (χ0) is 11.3. The molecule has 0 amide bonds. The fourth-order valence-electron chi connectivity index (χ4n) is 1.43. The number of hydrogen-bond donors (Lipinski definition) is 0. The minimum atomic E-state index is 0.430. The standard InChI is InChI=1S/C11H16BrClN2/c1-9(2)15(8-4-6-13)11-10(12)5-3-7-14-11/h3,5,7,9H,4,6,8H2,1-2H3. The second-order valence-electron chi connectivity index (χ2n) is 3.64. The maximum atomic E-state index is 5.72. The summed E-state index contributed by atoms with van der Waals surface area (Å²) >= 11 is 9.24. The number of nitrogens with zero attached hydrogens (tertiary/aromatic N) is 2. The van der Waals surface area contributed by atoms with E-state index in [-0.39, 0.29) is 0 Å². The highest BCUT2D eigenvalue weighted by molar-refractivity contribution is 9.10. The summed E-state index contributed by atoms with van der Waals surface area (Å²) in [5.74, 6) is 1.69. The van der Waals surface area contributed by atoms with E-state index in [1.54, 1.807) is 0 Å². The summed E-state index contributed by atoms with van der Waals surface area (Å²) in [5.41, 5.74) is 0. The van der Waals surface area contributed by atoms with Gasteiger partial charge in [-0.1, -0.05) is 0 Å². The lowest BCUT2D eigenvalue weighted by molar-refractivity contribution is 0.662. The van der Waals surface area contributed by atoms with Crippen molar-refractivity contribution < 1.29 is 0 Å². The molecule has 0 atom stereocenters. The molecule has 0 aliphatic heterocycles.